The van der Waals surface area contributed by atoms with Gasteiger partial charge < -0.3 is 20.9 Å². The van der Waals surface area contributed by atoms with Crippen LogP contribution >= 0.6 is 0 Å². The molecule has 1 aromatic heterocycles. The molecule has 104 valence electrons. The first-order valence-corrected chi connectivity index (χ1v) is 6.55. The quantitative estimate of drug-likeness (QED) is 0.650. The standard InChI is InChI=1S/C13H20N4O2/c1-17-8-9(14)7-11(17)13(19)15-6-2-3-12(18)16-10-4-5-10/h7-8,10H,2-6,14H2,1H3,(H,15,19)(H,16,18). The molecular weight excluding hydrogens is 244 g/mol. The van der Waals surface area contributed by atoms with Gasteiger partial charge in [-0.25, -0.2) is 0 Å². The van der Waals surface area contributed by atoms with E-state index in [0.717, 1.165) is 12.8 Å². The number of rotatable bonds is 6. The molecule has 1 saturated carbocycles. The number of aromatic nitrogens is 1. The highest BCUT2D eigenvalue weighted by atomic mass is 16.2. The number of hydrogen-bond acceptors (Lipinski definition) is 3. The maximum absolute atomic E-state index is 11.8. The molecule has 0 atom stereocenters. The summed E-state index contributed by atoms with van der Waals surface area (Å²) in [5, 5.41) is 5.70. The predicted octanol–water partition coefficient (Wildman–Crippen LogP) is 0.396. The van der Waals surface area contributed by atoms with Crippen LogP contribution in [-0.4, -0.2) is 29.0 Å². The van der Waals surface area contributed by atoms with Crippen LogP contribution in [0.4, 0.5) is 5.69 Å². The fourth-order valence-corrected chi connectivity index (χ4v) is 1.88. The van der Waals surface area contributed by atoms with Crippen LogP contribution in [0.1, 0.15) is 36.2 Å². The van der Waals surface area contributed by atoms with Gasteiger partial charge in [-0.15, -0.1) is 0 Å². The van der Waals surface area contributed by atoms with Crippen molar-refractivity contribution in [2.75, 3.05) is 12.3 Å². The minimum atomic E-state index is -0.165. The minimum Gasteiger partial charge on any atom is -0.397 e. The number of nitrogens with zero attached hydrogens (tertiary/aromatic N) is 1. The lowest BCUT2D eigenvalue weighted by Gasteiger charge is -2.06. The van der Waals surface area contributed by atoms with E-state index in [1.807, 2.05) is 0 Å². The first-order valence-electron chi connectivity index (χ1n) is 6.55. The second-order valence-corrected chi connectivity index (χ2v) is 4.97. The van der Waals surface area contributed by atoms with Gasteiger partial charge in [0.1, 0.15) is 5.69 Å². The van der Waals surface area contributed by atoms with Crippen molar-refractivity contribution < 1.29 is 9.59 Å². The average Bonchev–Trinajstić information content (AvgIpc) is 3.08. The van der Waals surface area contributed by atoms with E-state index in [-0.39, 0.29) is 11.8 Å². The molecule has 0 radical (unpaired) electrons. The Morgan fingerprint density at radius 3 is 2.79 bits per heavy atom. The molecule has 0 spiro atoms. The normalized spacial score (nSPS) is 14.2. The smallest absolute Gasteiger partial charge is 0.267 e. The van der Waals surface area contributed by atoms with Crippen molar-refractivity contribution in [2.45, 2.75) is 31.7 Å². The Morgan fingerprint density at radius 1 is 1.47 bits per heavy atom. The lowest BCUT2D eigenvalue weighted by Crippen LogP contribution is -2.29. The lowest BCUT2D eigenvalue weighted by molar-refractivity contribution is -0.121. The summed E-state index contributed by atoms with van der Waals surface area (Å²) in [6.45, 7) is 0.488. The fraction of sp³-hybridized carbons (Fsp3) is 0.538. The van der Waals surface area contributed by atoms with Gasteiger partial charge in [-0.3, -0.25) is 9.59 Å². The van der Waals surface area contributed by atoms with Crippen LogP contribution in [0.5, 0.6) is 0 Å². The molecule has 6 heteroatoms. The molecule has 0 unspecified atom stereocenters. The van der Waals surface area contributed by atoms with Crippen molar-refractivity contribution in [3.63, 3.8) is 0 Å². The van der Waals surface area contributed by atoms with Gasteiger partial charge in [0.25, 0.3) is 5.91 Å². The number of carbonyl (C=O) groups is 2. The Hall–Kier alpha value is -1.98. The highest BCUT2D eigenvalue weighted by Gasteiger charge is 2.22. The Balaban J connectivity index is 1.66. The van der Waals surface area contributed by atoms with Crippen molar-refractivity contribution >= 4 is 17.5 Å². The Bertz CT molecular complexity index is 477. The molecule has 0 aromatic carbocycles. The van der Waals surface area contributed by atoms with Gasteiger partial charge in [0, 0.05) is 32.3 Å². The summed E-state index contributed by atoms with van der Waals surface area (Å²) in [6.07, 6.45) is 4.98. The second-order valence-electron chi connectivity index (χ2n) is 4.97. The monoisotopic (exact) mass is 264 g/mol. The van der Waals surface area contributed by atoms with Crippen molar-refractivity contribution in [3.05, 3.63) is 18.0 Å². The van der Waals surface area contributed by atoms with Crippen molar-refractivity contribution in [2.24, 2.45) is 7.05 Å². The van der Waals surface area contributed by atoms with Crippen molar-refractivity contribution in [3.8, 4) is 0 Å². The summed E-state index contributed by atoms with van der Waals surface area (Å²) < 4.78 is 1.68. The van der Waals surface area contributed by atoms with E-state index in [1.165, 1.54) is 0 Å². The van der Waals surface area contributed by atoms with Gasteiger partial charge in [-0.1, -0.05) is 0 Å². The number of hydrogen-bond donors (Lipinski definition) is 3. The molecule has 1 aliphatic carbocycles. The largest absolute Gasteiger partial charge is 0.397 e. The number of amides is 2. The van der Waals surface area contributed by atoms with Gasteiger partial charge in [-0.2, -0.15) is 0 Å². The molecule has 1 fully saturated rings. The number of aryl methyl sites for hydroxylation is 1. The summed E-state index contributed by atoms with van der Waals surface area (Å²) in [4.78, 5) is 23.2. The van der Waals surface area contributed by atoms with Gasteiger partial charge in [0.2, 0.25) is 5.91 Å². The SMILES string of the molecule is Cn1cc(N)cc1C(=O)NCCCC(=O)NC1CC1. The molecule has 4 N–H and O–H groups in total. The average molecular weight is 264 g/mol. The van der Waals surface area contributed by atoms with Crippen molar-refractivity contribution in [1.82, 2.24) is 15.2 Å². The van der Waals surface area contributed by atoms with Gasteiger partial charge in [-0.05, 0) is 25.3 Å². The summed E-state index contributed by atoms with van der Waals surface area (Å²) in [5.41, 5.74) is 6.70. The van der Waals surface area contributed by atoms with Crippen LogP contribution in [0.3, 0.4) is 0 Å². The van der Waals surface area contributed by atoms with Crippen LogP contribution in [0.25, 0.3) is 0 Å². The lowest BCUT2D eigenvalue weighted by atomic mass is 10.3. The third kappa shape index (κ3) is 4.01. The van der Waals surface area contributed by atoms with Crippen LogP contribution < -0.4 is 16.4 Å². The minimum absolute atomic E-state index is 0.0693. The predicted molar refractivity (Wildman–Crippen MR) is 72.6 cm³/mol. The highest BCUT2D eigenvalue weighted by molar-refractivity contribution is 5.93. The Labute approximate surface area is 112 Å². The second kappa shape index (κ2) is 5.77. The van der Waals surface area contributed by atoms with E-state index in [0.29, 0.717) is 36.8 Å². The third-order valence-electron chi connectivity index (χ3n) is 3.07. The summed E-state index contributed by atoms with van der Waals surface area (Å²) in [6, 6.07) is 2.03. The van der Waals surface area contributed by atoms with E-state index in [2.05, 4.69) is 10.6 Å². The van der Waals surface area contributed by atoms with Gasteiger partial charge in [0.05, 0.1) is 5.69 Å². The summed E-state index contributed by atoms with van der Waals surface area (Å²) in [7, 11) is 1.77. The molecule has 0 saturated heterocycles. The van der Waals surface area contributed by atoms with E-state index in [9.17, 15) is 9.59 Å². The molecule has 0 aliphatic heterocycles. The van der Waals surface area contributed by atoms with E-state index in [1.54, 1.807) is 23.9 Å². The molecule has 2 rings (SSSR count). The molecule has 2 amide bonds. The Kier molecular flexibility index (Phi) is 4.09. The van der Waals surface area contributed by atoms with Crippen LogP contribution in [0.15, 0.2) is 12.3 Å². The molecule has 0 bridgehead atoms. The molecule has 19 heavy (non-hydrogen) atoms. The number of carbonyl (C=O) groups excluding carboxylic acids is 2. The fourth-order valence-electron chi connectivity index (χ4n) is 1.88. The van der Waals surface area contributed by atoms with E-state index < -0.39 is 0 Å². The number of anilines is 1. The van der Waals surface area contributed by atoms with Gasteiger partial charge >= 0.3 is 0 Å². The highest BCUT2D eigenvalue weighted by Crippen LogP contribution is 2.18. The molecule has 1 aromatic rings. The molecule has 1 heterocycles. The Morgan fingerprint density at radius 2 is 2.21 bits per heavy atom. The van der Waals surface area contributed by atoms with E-state index in [4.69, 9.17) is 5.73 Å². The first-order chi connectivity index (χ1) is 9.06. The van der Waals surface area contributed by atoms with Crippen LogP contribution in [0.2, 0.25) is 0 Å². The van der Waals surface area contributed by atoms with Gasteiger partial charge in [0.15, 0.2) is 0 Å². The van der Waals surface area contributed by atoms with Crippen LogP contribution in [0, 0.1) is 0 Å². The number of nitrogens with two attached hydrogens (primary N) is 1. The molecule has 1 aliphatic rings. The maximum Gasteiger partial charge on any atom is 0.267 e. The summed E-state index contributed by atoms with van der Waals surface area (Å²) in [5.74, 6) is -0.0957. The van der Waals surface area contributed by atoms with Crippen molar-refractivity contribution in [1.29, 1.82) is 0 Å². The first kappa shape index (κ1) is 13.5. The molecule has 6 nitrogen and oxygen atoms in total. The number of nitrogens with one attached hydrogen (secondary N) is 2. The zero-order chi connectivity index (χ0) is 13.8. The third-order valence-corrected chi connectivity index (χ3v) is 3.07. The van der Waals surface area contributed by atoms with Crippen LogP contribution in [-0.2, 0) is 11.8 Å². The maximum atomic E-state index is 11.8. The zero-order valence-electron chi connectivity index (χ0n) is 11.1. The zero-order valence-corrected chi connectivity index (χ0v) is 11.1. The number of nitrogen functional groups attached to an aromatic ring is 1. The molecular formula is C13H20N4O2. The topological polar surface area (TPSA) is 89.2 Å². The summed E-state index contributed by atoms with van der Waals surface area (Å²) >= 11 is 0. The van der Waals surface area contributed by atoms with E-state index >= 15 is 0 Å².